The number of hydrogen-bond acceptors (Lipinski definition) is 3. The molecule has 1 aliphatic rings. The van der Waals surface area contributed by atoms with Crippen LogP contribution in [0.1, 0.15) is 31.7 Å². The molecule has 0 aromatic heterocycles. The zero-order valence-corrected chi connectivity index (χ0v) is 16.9. The maximum atomic E-state index is 12.5. The summed E-state index contributed by atoms with van der Waals surface area (Å²) in [6, 6.07) is 22.5. The predicted octanol–water partition coefficient (Wildman–Crippen LogP) is 4.91. The highest BCUT2D eigenvalue weighted by Crippen LogP contribution is 2.22. The first kappa shape index (κ1) is 19.3. The molecule has 29 heavy (non-hydrogen) atoms. The van der Waals surface area contributed by atoms with E-state index in [0.29, 0.717) is 12.3 Å². The molecule has 150 valence electrons. The molecule has 1 fully saturated rings. The summed E-state index contributed by atoms with van der Waals surface area (Å²) in [6.07, 6.45) is 3.32. The number of hydrogen-bond donors (Lipinski definition) is 1. The molecule has 1 heterocycles. The summed E-state index contributed by atoms with van der Waals surface area (Å²) in [4.78, 5) is 14.9. The minimum atomic E-state index is -0.552. The second kappa shape index (κ2) is 8.99. The summed E-state index contributed by atoms with van der Waals surface area (Å²) in [5.41, 5.74) is 2.37. The molecule has 3 aromatic rings. The maximum absolute atomic E-state index is 12.5. The van der Waals surface area contributed by atoms with Crippen molar-refractivity contribution in [3.05, 3.63) is 72.3 Å². The standard InChI is InChI=1S/C25H28N2O2/c1-19(29-24-14-11-21-7-3-4-8-22(21)17-24)25(28)26-18-20-9-12-23(13-10-20)27-15-5-2-6-16-27/h3-4,7-14,17,19H,2,5-6,15-16,18H2,1H3,(H,26,28)/t19-/m0/s1. The third kappa shape index (κ3) is 4.89. The van der Waals surface area contributed by atoms with Gasteiger partial charge >= 0.3 is 0 Å². The average Bonchev–Trinajstić information content (AvgIpc) is 2.78. The first-order valence-corrected chi connectivity index (χ1v) is 10.5. The van der Waals surface area contributed by atoms with E-state index in [1.165, 1.54) is 24.9 Å². The van der Waals surface area contributed by atoms with Gasteiger partial charge in [0.15, 0.2) is 6.10 Å². The lowest BCUT2D eigenvalue weighted by molar-refractivity contribution is -0.127. The second-order valence-corrected chi connectivity index (χ2v) is 7.70. The Morgan fingerprint density at radius 1 is 0.966 bits per heavy atom. The lowest BCUT2D eigenvalue weighted by Gasteiger charge is -2.28. The Morgan fingerprint density at radius 3 is 2.45 bits per heavy atom. The Morgan fingerprint density at radius 2 is 1.69 bits per heavy atom. The van der Waals surface area contributed by atoms with Crippen molar-refractivity contribution in [3.63, 3.8) is 0 Å². The summed E-state index contributed by atoms with van der Waals surface area (Å²) < 4.78 is 5.85. The van der Waals surface area contributed by atoms with E-state index in [2.05, 4.69) is 40.5 Å². The number of carbonyl (C=O) groups excluding carboxylic acids is 1. The molecule has 0 saturated carbocycles. The zero-order valence-electron chi connectivity index (χ0n) is 16.9. The highest BCUT2D eigenvalue weighted by Gasteiger charge is 2.15. The van der Waals surface area contributed by atoms with Gasteiger partial charge in [0, 0.05) is 25.3 Å². The normalized spacial score (nSPS) is 15.1. The average molecular weight is 389 g/mol. The van der Waals surface area contributed by atoms with Crippen molar-refractivity contribution in [1.29, 1.82) is 0 Å². The molecule has 0 radical (unpaired) electrons. The summed E-state index contributed by atoms with van der Waals surface area (Å²) >= 11 is 0. The molecule has 4 rings (SSSR count). The van der Waals surface area contributed by atoms with Gasteiger partial charge in [-0.25, -0.2) is 0 Å². The number of benzene rings is 3. The Kier molecular flexibility index (Phi) is 5.99. The topological polar surface area (TPSA) is 41.6 Å². The summed E-state index contributed by atoms with van der Waals surface area (Å²) in [6.45, 7) is 4.56. The number of piperidine rings is 1. The maximum Gasteiger partial charge on any atom is 0.261 e. The van der Waals surface area contributed by atoms with Crippen LogP contribution in [0.5, 0.6) is 5.75 Å². The highest BCUT2D eigenvalue weighted by molar-refractivity contribution is 5.84. The molecule has 1 N–H and O–H groups in total. The van der Waals surface area contributed by atoms with Crippen molar-refractivity contribution >= 4 is 22.4 Å². The summed E-state index contributed by atoms with van der Waals surface area (Å²) in [7, 11) is 0. The minimum Gasteiger partial charge on any atom is -0.481 e. The Hall–Kier alpha value is -3.01. The van der Waals surface area contributed by atoms with Gasteiger partial charge in [-0.3, -0.25) is 4.79 Å². The Labute approximate surface area is 172 Å². The zero-order chi connectivity index (χ0) is 20.1. The third-order valence-electron chi connectivity index (χ3n) is 5.53. The molecule has 0 bridgehead atoms. The number of carbonyl (C=O) groups is 1. The number of nitrogens with zero attached hydrogens (tertiary/aromatic N) is 1. The molecule has 0 aliphatic carbocycles. The van der Waals surface area contributed by atoms with Crippen molar-refractivity contribution in [2.24, 2.45) is 0 Å². The van der Waals surface area contributed by atoms with E-state index < -0.39 is 6.10 Å². The predicted molar refractivity (Wildman–Crippen MR) is 118 cm³/mol. The molecule has 0 spiro atoms. The molecule has 1 saturated heterocycles. The molecule has 1 aliphatic heterocycles. The van der Waals surface area contributed by atoms with Crippen LogP contribution in [-0.2, 0) is 11.3 Å². The lowest BCUT2D eigenvalue weighted by Crippen LogP contribution is -2.35. The number of fused-ring (bicyclic) bond motifs is 1. The fourth-order valence-corrected chi connectivity index (χ4v) is 3.81. The number of nitrogens with one attached hydrogen (secondary N) is 1. The fourth-order valence-electron chi connectivity index (χ4n) is 3.81. The first-order chi connectivity index (χ1) is 14.2. The SMILES string of the molecule is C[C@H](Oc1ccc2ccccc2c1)C(=O)NCc1ccc(N2CCCCC2)cc1. The van der Waals surface area contributed by atoms with Crippen LogP contribution in [0.3, 0.4) is 0 Å². The molecule has 3 aromatic carbocycles. The molecular formula is C25H28N2O2. The van der Waals surface area contributed by atoms with Gasteiger partial charge in [0.2, 0.25) is 0 Å². The second-order valence-electron chi connectivity index (χ2n) is 7.70. The third-order valence-corrected chi connectivity index (χ3v) is 5.53. The number of anilines is 1. The van der Waals surface area contributed by atoms with Crippen LogP contribution in [0.2, 0.25) is 0 Å². The quantitative estimate of drug-likeness (QED) is 0.652. The van der Waals surface area contributed by atoms with E-state index in [0.717, 1.165) is 29.4 Å². The van der Waals surface area contributed by atoms with Crippen molar-refractivity contribution in [2.45, 2.75) is 38.8 Å². The van der Waals surface area contributed by atoms with E-state index in [1.54, 1.807) is 6.92 Å². The van der Waals surface area contributed by atoms with Crippen LogP contribution in [0.15, 0.2) is 66.7 Å². The Balaban J connectivity index is 1.30. The van der Waals surface area contributed by atoms with Crippen LogP contribution in [0, 0.1) is 0 Å². The smallest absolute Gasteiger partial charge is 0.261 e. The first-order valence-electron chi connectivity index (χ1n) is 10.5. The lowest BCUT2D eigenvalue weighted by atomic mass is 10.1. The van der Waals surface area contributed by atoms with Crippen LogP contribution < -0.4 is 15.0 Å². The van der Waals surface area contributed by atoms with E-state index in [1.807, 2.05) is 36.4 Å². The van der Waals surface area contributed by atoms with E-state index >= 15 is 0 Å². The molecule has 1 amide bonds. The van der Waals surface area contributed by atoms with Gasteiger partial charge in [0.1, 0.15) is 5.75 Å². The number of ether oxygens (including phenoxy) is 1. The van der Waals surface area contributed by atoms with Crippen LogP contribution >= 0.6 is 0 Å². The molecular weight excluding hydrogens is 360 g/mol. The number of amides is 1. The molecule has 0 unspecified atom stereocenters. The molecule has 4 heteroatoms. The summed E-state index contributed by atoms with van der Waals surface area (Å²) in [5.74, 6) is 0.593. The van der Waals surface area contributed by atoms with Crippen LogP contribution in [0.25, 0.3) is 10.8 Å². The van der Waals surface area contributed by atoms with Gasteiger partial charge in [-0.05, 0) is 66.8 Å². The number of rotatable bonds is 6. The summed E-state index contributed by atoms with van der Waals surface area (Å²) in [5, 5.41) is 5.24. The van der Waals surface area contributed by atoms with Crippen molar-refractivity contribution < 1.29 is 9.53 Å². The highest BCUT2D eigenvalue weighted by atomic mass is 16.5. The van der Waals surface area contributed by atoms with E-state index in [4.69, 9.17) is 4.74 Å². The van der Waals surface area contributed by atoms with E-state index in [9.17, 15) is 4.79 Å². The monoisotopic (exact) mass is 388 g/mol. The molecule has 1 atom stereocenters. The van der Waals surface area contributed by atoms with E-state index in [-0.39, 0.29) is 5.91 Å². The van der Waals surface area contributed by atoms with Crippen molar-refractivity contribution in [1.82, 2.24) is 5.32 Å². The van der Waals surface area contributed by atoms with Crippen molar-refractivity contribution in [2.75, 3.05) is 18.0 Å². The van der Waals surface area contributed by atoms with Gasteiger partial charge < -0.3 is 15.0 Å². The van der Waals surface area contributed by atoms with Gasteiger partial charge in [0.25, 0.3) is 5.91 Å². The minimum absolute atomic E-state index is 0.113. The van der Waals surface area contributed by atoms with Gasteiger partial charge in [-0.15, -0.1) is 0 Å². The van der Waals surface area contributed by atoms with Gasteiger partial charge in [-0.2, -0.15) is 0 Å². The van der Waals surface area contributed by atoms with Gasteiger partial charge in [-0.1, -0.05) is 42.5 Å². The van der Waals surface area contributed by atoms with Crippen molar-refractivity contribution in [3.8, 4) is 5.75 Å². The fraction of sp³-hybridized carbons (Fsp3) is 0.320. The van der Waals surface area contributed by atoms with Crippen LogP contribution in [-0.4, -0.2) is 25.1 Å². The Bertz CT molecular complexity index is 962. The largest absolute Gasteiger partial charge is 0.481 e. The van der Waals surface area contributed by atoms with Gasteiger partial charge in [0.05, 0.1) is 0 Å². The molecule has 4 nitrogen and oxygen atoms in total. The van der Waals surface area contributed by atoms with Crippen LogP contribution in [0.4, 0.5) is 5.69 Å².